The zero-order valence-electron chi connectivity index (χ0n) is 14.1. The van der Waals surface area contributed by atoms with Gasteiger partial charge >= 0.3 is 5.97 Å². The molecule has 0 unspecified atom stereocenters. The van der Waals surface area contributed by atoms with E-state index in [1.807, 2.05) is 31.2 Å². The Morgan fingerprint density at radius 2 is 1.62 bits per heavy atom. The molecule has 5 heteroatoms. The predicted octanol–water partition coefficient (Wildman–Crippen LogP) is 3.65. The Kier molecular flexibility index (Phi) is 5.47. The molecular weight excluding hydrogens is 308 g/mol. The largest absolute Gasteiger partial charge is 0.493 e. The third-order valence-corrected chi connectivity index (χ3v) is 3.71. The first-order valence-corrected chi connectivity index (χ1v) is 7.33. The van der Waals surface area contributed by atoms with Gasteiger partial charge in [-0.25, -0.2) is 4.79 Å². The van der Waals surface area contributed by atoms with Crippen molar-refractivity contribution in [2.45, 2.75) is 6.92 Å². The Labute approximate surface area is 141 Å². The van der Waals surface area contributed by atoms with Crippen LogP contribution in [0.15, 0.2) is 36.4 Å². The van der Waals surface area contributed by atoms with Crippen molar-refractivity contribution in [2.75, 3.05) is 21.3 Å². The molecule has 126 valence electrons. The van der Waals surface area contributed by atoms with Crippen LogP contribution < -0.4 is 14.2 Å². The molecule has 2 aromatic rings. The van der Waals surface area contributed by atoms with E-state index in [1.54, 1.807) is 18.2 Å². The molecule has 0 aromatic heterocycles. The second kappa shape index (κ2) is 7.55. The molecule has 0 atom stereocenters. The fourth-order valence-corrected chi connectivity index (χ4v) is 2.47. The van der Waals surface area contributed by atoms with Gasteiger partial charge in [-0.1, -0.05) is 24.3 Å². The highest BCUT2D eigenvalue weighted by Crippen LogP contribution is 2.42. The van der Waals surface area contributed by atoms with Crippen LogP contribution in [0.2, 0.25) is 0 Å². The Bertz CT molecular complexity index is 777. The van der Waals surface area contributed by atoms with E-state index in [1.165, 1.54) is 21.3 Å². The minimum Gasteiger partial charge on any atom is -0.493 e. The van der Waals surface area contributed by atoms with Gasteiger partial charge in [-0.15, -0.1) is 0 Å². The lowest BCUT2D eigenvalue weighted by Crippen LogP contribution is -2.04. The maximum Gasteiger partial charge on any atom is 0.336 e. The fourth-order valence-electron chi connectivity index (χ4n) is 2.47. The van der Waals surface area contributed by atoms with Gasteiger partial charge in [0.25, 0.3) is 0 Å². The van der Waals surface area contributed by atoms with Crippen LogP contribution >= 0.6 is 0 Å². The molecule has 5 nitrogen and oxygen atoms in total. The summed E-state index contributed by atoms with van der Waals surface area (Å²) in [5, 5.41) is 9.69. The molecule has 0 aliphatic heterocycles. The van der Waals surface area contributed by atoms with Crippen molar-refractivity contribution >= 4 is 17.6 Å². The number of carboxylic acid groups (broad SMARTS) is 1. The summed E-state index contributed by atoms with van der Waals surface area (Å²) in [7, 11) is 4.46. The first-order valence-electron chi connectivity index (χ1n) is 7.33. The predicted molar refractivity (Wildman–Crippen MR) is 92.8 cm³/mol. The zero-order chi connectivity index (χ0) is 17.7. The number of carbonyl (C=O) groups is 1. The molecule has 0 heterocycles. The Balaban J connectivity index is 2.69. The fraction of sp³-hybridized carbons (Fsp3) is 0.211. The van der Waals surface area contributed by atoms with E-state index >= 15 is 0 Å². The van der Waals surface area contributed by atoms with Crippen molar-refractivity contribution in [2.24, 2.45) is 0 Å². The summed E-state index contributed by atoms with van der Waals surface area (Å²) < 4.78 is 16.0. The van der Waals surface area contributed by atoms with Gasteiger partial charge in [0.05, 0.1) is 26.9 Å². The summed E-state index contributed by atoms with van der Waals surface area (Å²) in [6.45, 7) is 1.93. The molecule has 0 bridgehead atoms. The highest BCUT2D eigenvalue weighted by Gasteiger charge is 2.22. The van der Waals surface area contributed by atoms with Crippen LogP contribution in [0, 0.1) is 6.92 Å². The van der Waals surface area contributed by atoms with Gasteiger partial charge in [-0.2, -0.15) is 0 Å². The second-order valence-corrected chi connectivity index (χ2v) is 5.10. The normalized spacial score (nSPS) is 11.1. The van der Waals surface area contributed by atoms with Crippen LogP contribution in [0.3, 0.4) is 0 Å². The Hall–Kier alpha value is -2.95. The molecule has 0 radical (unpaired) electrons. The molecule has 0 aliphatic carbocycles. The third kappa shape index (κ3) is 3.35. The summed E-state index contributed by atoms with van der Waals surface area (Å²) in [5.41, 5.74) is 2.34. The maximum absolute atomic E-state index is 11.8. The maximum atomic E-state index is 11.8. The minimum atomic E-state index is -1.05. The molecule has 0 saturated heterocycles. The molecule has 24 heavy (non-hydrogen) atoms. The molecule has 0 fully saturated rings. The number of aliphatic carboxylic acids is 1. The Morgan fingerprint density at radius 3 is 2.17 bits per heavy atom. The number of benzene rings is 2. The minimum absolute atomic E-state index is 0.113. The van der Waals surface area contributed by atoms with Crippen molar-refractivity contribution < 1.29 is 24.1 Å². The van der Waals surface area contributed by atoms with Crippen LogP contribution in [0.25, 0.3) is 11.6 Å². The van der Waals surface area contributed by atoms with Crippen molar-refractivity contribution in [3.63, 3.8) is 0 Å². The summed E-state index contributed by atoms with van der Waals surface area (Å²) >= 11 is 0. The van der Waals surface area contributed by atoms with Gasteiger partial charge in [0.15, 0.2) is 11.5 Å². The molecule has 0 saturated carbocycles. The highest BCUT2D eigenvalue weighted by molar-refractivity contribution is 6.21. The SMILES string of the molecule is COc1ccc(/C(=C/c2ccccc2C)C(=O)O)c(OC)c1OC. The van der Waals surface area contributed by atoms with Crippen LogP contribution in [-0.4, -0.2) is 32.4 Å². The number of hydrogen-bond acceptors (Lipinski definition) is 4. The van der Waals surface area contributed by atoms with Crippen LogP contribution in [-0.2, 0) is 4.79 Å². The third-order valence-electron chi connectivity index (χ3n) is 3.71. The average Bonchev–Trinajstić information content (AvgIpc) is 2.59. The van der Waals surface area contributed by atoms with Gasteiger partial charge in [0, 0.05) is 5.56 Å². The van der Waals surface area contributed by atoms with Crippen molar-refractivity contribution in [1.29, 1.82) is 0 Å². The van der Waals surface area contributed by atoms with Crippen LogP contribution in [0.1, 0.15) is 16.7 Å². The lowest BCUT2D eigenvalue weighted by atomic mass is 9.99. The number of methoxy groups -OCH3 is 3. The Morgan fingerprint density at radius 1 is 0.958 bits per heavy atom. The summed E-state index contributed by atoms with van der Waals surface area (Å²) in [6.07, 6.45) is 1.63. The van der Waals surface area contributed by atoms with Gasteiger partial charge in [-0.05, 0) is 36.3 Å². The molecule has 0 amide bonds. The van der Waals surface area contributed by atoms with Gasteiger partial charge < -0.3 is 19.3 Å². The van der Waals surface area contributed by atoms with Gasteiger partial charge in [0.2, 0.25) is 5.75 Å². The van der Waals surface area contributed by atoms with Crippen LogP contribution in [0.5, 0.6) is 17.2 Å². The van der Waals surface area contributed by atoms with Gasteiger partial charge in [0.1, 0.15) is 0 Å². The lowest BCUT2D eigenvalue weighted by molar-refractivity contribution is -0.130. The first-order chi connectivity index (χ1) is 11.5. The smallest absolute Gasteiger partial charge is 0.336 e. The number of ether oxygens (including phenoxy) is 3. The quantitative estimate of drug-likeness (QED) is 0.648. The zero-order valence-corrected chi connectivity index (χ0v) is 14.1. The number of carboxylic acids is 1. The lowest BCUT2D eigenvalue weighted by Gasteiger charge is -2.16. The summed E-state index contributed by atoms with van der Waals surface area (Å²) in [4.78, 5) is 11.8. The number of rotatable bonds is 6. The topological polar surface area (TPSA) is 65.0 Å². The molecular formula is C19H20O5. The average molecular weight is 328 g/mol. The summed E-state index contributed by atoms with van der Waals surface area (Å²) in [5.74, 6) is 0.0935. The molecule has 2 rings (SSSR count). The molecule has 0 aliphatic rings. The summed E-state index contributed by atoms with van der Waals surface area (Å²) in [6, 6.07) is 10.9. The molecule has 0 spiro atoms. The van der Waals surface area contributed by atoms with Crippen molar-refractivity contribution in [3.8, 4) is 17.2 Å². The first kappa shape index (κ1) is 17.4. The van der Waals surface area contributed by atoms with Gasteiger partial charge in [-0.3, -0.25) is 0 Å². The standard InChI is InChI=1S/C19H20O5/c1-12-7-5-6-8-13(12)11-15(19(20)21)14-9-10-16(22-2)18(24-4)17(14)23-3/h5-11H,1-4H3,(H,20,21)/b15-11-. The van der Waals surface area contributed by atoms with E-state index in [9.17, 15) is 9.90 Å². The van der Waals surface area contributed by atoms with Crippen LogP contribution in [0.4, 0.5) is 0 Å². The van der Waals surface area contributed by atoms with E-state index in [0.29, 0.717) is 22.8 Å². The molecule has 2 aromatic carbocycles. The van der Waals surface area contributed by atoms with Crippen molar-refractivity contribution in [1.82, 2.24) is 0 Å². The highest BCUT2D eigenvalue weighted by atomic mass is 16.5. The monoisotopic (exact) mass is 328 g/mol. The van der Waals surface area contributed by atoms with E-state index in [2.05, 4.69) is 0 Å². The van der Waals surface area contributed by atoms with E-state index < -0.39 is 5.97 Å². The molecule has 1 N–H and O–H groups in total. The number of aryl methyl sites for hydroxylation is 1. The van der Waals surface area contributed by atoms with E-state index in [0.717, 1.165) is 11.1 Å². The van der Waals surface area contributed by atoms with Crippen molar-refractivity contribution in [3.05, 3.63) is 53.1 Å². The number of hydrogen-bond donors (Lipinski definition) is 1. The second-order valence-electron chi connectivity index (χ2n) is 5.10. The van der Waals surface area contributed by atoms with E-state index in [4.69, 9.17) is 14.2 Å². The van der Waals surface area contributed by atoms with E-state index in [-0.39, 0.29) is 5.57 Å².